The van der Waals surface area contributed by atoms with Crippen molar-refractivity contribution in [1.82, 2.24) is 4.83 Å². The van der Waals surface area contributed by atoms with Gasteiger partial charge in [0.1, 0.15) is 0 Å². The number of hydrogen-bond donors (Lipinski definition) is 1. The highest BCUT2D eigenvalue weighted by Crippen LogP contribution is 2.22. The van der Waals surface area contributed by atoms with Gasteiger partial charge in [0.15, 0.2) is 0 Å². The Kier molecular flexibility index (Phi) is 4.57. The van der Waals surface area contributed by atoms with E-state index >= 15 is 0 Å². The van der Waals surface area contributed by atoms with Gasteiger partial charge in [-0.1, -0.05) is 6.07 Å². The molecule has 0 radical (unpaired) electrons. The van der Waals surface area contributed by atoms with Crippen LogP contribution in [0.15, 0.2) is 40.3 Å². The van der Waals surface area contributed by atoms with E-state index in [1.165, 1.54) is 29.7 Å². The Morgan fingerprint density at radius 2 is 2.00 bits per heavy atom. The largest absolute Gasteiger partial charge is 0.276 e. The van der Waals surface area contributed by atoms with Crippen LogP contribution < -0.4 is 4.83 Å². The maximum atomic E-state index is 12.1. The normalized spacial score (nSPS) is 11.7. The summed E-state index contributed by atoms with van der Waals surface area (Å²) in [5, 5.41) is 14.5. The molecule has 0 fully saturated rings. The maximum absolute atomic E-state index is 12.1. The molecule has 0 aliphatic carbocycles. The summed E-state index contributed by atoms with van der Waals surface area (Å²) in [5.74, 6) is 0. The quantitative estimate of drug-likeness (QED) is 0.514. The van der Waals surface area contributed by atoms with Gasteiger partial charge in [0.25, 0.3) is 15.7 Å². The Labute approximate surface area is 131 Å². The molecule has 0 spiro atoms. The Morgan fingerprint density at radius 1 is 1.27 bits per heavy atom. The van der Waals surface area contributed by atoms with Gasteiger partial charge in [-0.3, -0.25) is 10.1 Å². The van der Waals surface area contributed by atoms with Crippen LogP contribution in [0, 0.1) is 24.0 Å². The number of nitro groups is 1. The number of hydrazone groups is 1. The lowest BCUT2D eigenvalue weighted by Crippen LogP contribution is -2.18. The van der Waals surface area contributed by atoms with Crippen molar-refractivity contribution in [3.63, 3.8) is 0 Å². The third-order valence-corrected chi connectivity index (χ3v) is 4.97. The highest BCUT2D eigenvalue weighted by atomic mass is 32.2. The first-order valence-electron chi connectivity index (χ1n) is 6.16. The van der Waals surface area contributed by atoms with Gasteiger partial charge in [-0.2, -0.15) is 13.5 Å². The fraction of sp³-hybridized carbons (Fsp3) is 0.154. The average Bonchev–Trinajstić information content (AvgIpc) is 2.84. The second-order valence-electron chi connectivity index (χ2n) is 4.51. The number of aryl methyl sites for hydroxylation is 2. The summed E-state index contributed by atoms with van der Waals surface area (Å²) >= 11 is 1.47. The molecule has 0 atom stereocenters. The number of nitrogens with zero attached hydrogens (tertiary/aromatic N) is 2. The monoisotopic (exact) mass is 339 g/mol. The first kappa shape index (κ1) is 16.1. The topological polar surface area (TPSA) is 102 Å². The van der Waals surface area contributed by atoms with E-state index in [1.807, 2.05) is 23.9 Å². The van der Waals surface area contributed by atoms with Crippen molar-refractivity contribution < 1.29 is 13.3 Å². The van der Waals surface area contributed by atoms with Crippen LogP contribution in [0.3, 0.4) is 0 Å². The van der Waals surface area contributed by atoms with Gasteiger partial charge in [0, 0.05) is 21.4 Å². The molecule has 1 aromatic carbocycles. The highest BCUT2D eigenvalue weighted by Gasteiger charge is 2.19. The molecular formula is C13H13N3O4S2. The molecule has 0 aliphatic heterocycles. The predicted octanol–water partition coefficient (Wildman–Crippen LogP) is 2.59. The van der Waals surface area contributed by atoms with Crippen molar-refractivity contribution in [3.05, 3.63) is 55.8 Å². The predicted molar refractivity (Wildman–Crippen MR) is 84.8 cm³/mol. The smallest absolute Gasteiger partial charge is 0.258 e. The highest BCUT2D eigenvalue weighted by molar-refractivity contribution is 7.89. The van der Waals surface area contributed by atoms with E-state index in [0.29, 0.717) is 5.56 Å². The van der Waals surface area contributed by atoms with Gasteiger partial charge in [0.2, 0.25) is 0 Å². The van der Waals surface area contributed by atoms with Crippen LogP contribution in [-0.4, -0.2) is 19.6 Å². The van der Waals surface area contributed by atoms with Crippen molar-refractivity contribution in [2.75, 3.05) is 0 Å². The molecule has 0 amide bonds. The first-order valence-corrected chi connectivity index (χ1v) is 8.46. The maximum Gasteiger partial charge on any atom is 0.276 e. The van der Waals surface area contributed by atoms with E-state index in [0.717, 1.165) is 15.8 Å². The molecule has 0 unspecified atom stereocenters. The summed E-state index contributed by atoms with van der Waals surface area (Å²) in [6.45, 7) is 3.47. The minimum Gasteiger partial charge on any atom is -0.258 e. The fourth-order valence-electron chi connectivity index (χ4n) is 1.69. The molecule has 0 aliphatic rings. The molecule has 9 heteroatoms. The molecule has 2 aromatic rings. The fourth-order valence-corrected chi connectivity index (χ4v) is 3.25. The van der Waals surface area contributed by atoms with Gasteiger partial charge < -0.3 is 0 Å². The van der Waals surface area contributed by atoms with Crippen LogP contribution in [0.2, 0.25) is 0 Å². The van der Waals surface area contributed by atoms with E-state index in [4.69, 9.17) is 0 Å². The molecule has 0 saturated carbocycles. The van der Waals surface area contributed by atoms with Gasteiger partial charge in [0.05, 0.1) is 16.0 Å². The molecule has 1 aromatic heterocycles. The lowest BCUT2D eigenvalue weighted by atomic mass is 10.2. The number of hydrogen-bond acceptors (Lipinski definition) is 6. The molecule has 0 saturated heterocycles. The van der Waals surface area contributed by atoms with Gasteiger partial charge in [-0.25, -0.2) is 4.83 Å². The number of rotatable bonds is 5. The Morgan fingerprint density at radius 3 is 2.59 bits per heavy atom. The number of sulfonamides is 1. The zero-order valence-corrected chi connectivity index (χ0v) is 13.4. The third-order valence-electron chi connectivity index (χ3n) is 2.81. The Hall–Kier alpha value is -2.26. The zero-order valence-electron chi connectivity index (χ0n) is 11.8. The van der Waals surface area contributed by atoms with Gasteiger partial charge in [-0.15, -0.1) is 11.3 Å². The van der Waals surface area contributed by atoms with Crippen molar-refractivity contribution in [2.45, 2.75) is 18.7 Å². The Balaban J connectivity index is 2.22. The van der Waals surface area contributed by atoms with E-state index in [-0.39, 0.29) is 10.6 Å². The van der Waals surface area contributed by atoms with Gasteiger partial charge >= 0.3 is 0 Å². The molecule has 7 nitrogen and oxygen atoms in total. The molecule has 22 heavy (non-hydrogen) atoms. The first-order chi connectivity index (χ1) is 10.3. The average molecular weight is 339 g/mol. The molecule has 1 heterocycles. The number of thiophene rings is 1. The molecule has 0 bridgehead atoms. The summed E-state index contributed by atoms with van der Waals surface area (Å²) in [6, 6.07) is 7.41. The van der Waals surface area contributed by atoms with E-state index < -0.39 is 14.9 Å². The van der Waals surface area contributed by atoms with Crippen LogP contribution in [0.5, 0.6) is 0 Å². The number of nitrogens with one attached hydrogen (secondary N) is 1. The van der Waals surface area contributed by atoms with Crippen LogP contribution >= 0.6 is 11.3 Å². The lowest BCUT2D eigenvalue weighted by Gasteiger charge is -2.04. The van der Waals surface area contributed by atoms with Crippen LogP contribution in [-0.2, 0) is 10.0 Å². The summed E-state index contributed by atoms with van der Waals surface area (Å²) in [4.78, 5) is 14.0. The van der Waals surface area contributed by atoms with Crippen LogP contribution in [0.25, 0.3) is 0 Å². The van der Waals surface area contributed by atoms with E-state index in [1.54, 1.807) is 6.92 Å². The van der Waals surface area contributed by atoms with Crippen LogP contribution in [0.4, 0.5) is 5.69 Å². The number of benzene rings is 1. The summed E-state index contributed by atoms with van der Waals surface area (Å²) in [5.41, 5.74) is 0.141. The molecular weight excluding hydrogens is 326 g/mol. The summed E-state index contributed by atoms with van der Waals surface area (Å²) < 4.78 is 24.1. The van der Waals surface area contributed by atoms with Crippen molar-refractivity contribution in [1.29, 1.82) is 0 Å². The van der Waals surface area contributed by atoms with E-state index in [2.05, 4.69) is 5.10 Å². The Bertz CT molecular complexity index is 841. The zero-order chi connectivity index (χ0) is 16.3. The van der Waals surface area contributed by atoms with E-state index in [9.17, 15) is 18.5 Å². The summed E-state index contributed by atoms with van der Waals surface area (Å²) in [7, 11) is -3.94. The second-order valence-corrected chi connectivity index (χ2v) is 7.49. The SMILES string of the molecule is Cc1ccc(/C=N/NS(=O)(=O)c2ccc(C)c([N+](=O)[O-])c2)s1. The second kappa shape index (κ2) is 6.24. The molecule has 1 N–H and O–H groups in total. The van der Waals surface area contributed by atoms with Crippen molar-refractivity contribution in [3.8, 4) is 0 Å². The molecule has 116 valence electrons. The minimum atomic E-state index is -3.94. The lowest BCUT2D eigenvalue weighted by molar-refractivity contribution is -0.385. The standard InChI is InChI=1S/C13H13N3O4S2/c1-9-3-6-12(7-13(9)16(17)18)22(19,20)15-14-8-11-5-4-10(2)21-11/h3-8,15H,1-2H3/b14-8+. The van der Waals surface area contributed by atoms with Crippen molar-refractivity contribution >= 4 is 33.3 Å². The van der Waals surface area contributed by atoms with Crippen LogP contribution in [0.1, 0.15) is 15.3 Å². The third kappa shape index (κ3) is 3.68. The number of nitro benzene ring substituents is 1. The molecule has 2 rings (SSSR count). The summed E-state index contributed by atoms with van der Waals surface area (Å²) in [6.07, 6.45) is 1.39. The minimum absolute atomic E-state index is 0.204. The van der Waals surface area contributed by atoms with Gasteiger partial charge in [-0.05, 0) is 32.0 Å². The van der Waals surface area contributed by atoms with Crippen molar-refractivity contribution in [2.24, 2.45) is 5.10 Å².